The van der Waals surface area contributed by atoms with E-state index in [-0.39, 0.29) is 0 Å². The fourth-order valence-electron chi connectivity index (χ4n) is 2.16. The molecule has 0 spiro atoms. The summed E-state index contributed by atoms with van der Waals surface area (Å²) >= 11 is 0. The van der Waals surface area contributed by atoms with E-state index < -0.39 is 0 Å². The highest BCUT2D eigenvalue weighted by atomic mass is 15.0. The number of pyridine rings is 1. The molecule has 2 heterocycles. The predicted octanol–water partition coefficient (Wildman–Crippen LogP) is 2.22. The van der Waals surface area contributed by atoms with Crippen LogP contribution in [0, 0.1) is 0 Å². The fourth-order valence-corrected chi connectivity index (χ4v) is 2.16. The molecule has 0 bridgehead atoms. The second-order valence-corrected chi connectivity index (χ2v) is 4.46. The highest BCUT2D eigenvalue weighted by Gasteiger charge is 2.00. The Bertz CT molecular complexity index is 641. The summed E-state index contributed by atoms with van der Waals surface area (Å²) in [6.07, 6.45) is 7.48. The van der Waals surface area contributed by atoms with E-state index in [2.05, 4.69) is 38.1 Å². The minimum atomic E-state index is 0.859. The zero-order chi connectivity index (χ0) is 12.9. The van der Waals surface area contributed by atoms with E-state index in [0.717, 1.165) is 25.2 Å². The second kappa shape index (κ2) is 5.63. The molecule has 0 saturated carbocycles. The number of nitrogens with one attached hydrogen (secondary N) is 1. The summed E-state index contributed by atoms with van der Waals surface area (Å²) in [5, 5.41) is 4.68. The molecule has 19 heavy (non-hydrogen) atoms. The van der Waals surface area contributed by atoms with E-state index in [1.807, 2.05) is 30.9 Å². The van der Waals surface area contributed by atoms with Gasteiger partial charge in [-0.05, 0) is 17.7 Å². The van der Waals surface area contributed by atoms with Crippen molar-refractivity contribution in [2.24, 2.45) is 0 Å². The van der Waals surface area contributed by atoms with Crippen LogP contribution < -0.4 is 5.32 Å². The summed E-state index contributed by atoms with van der Waals surface area (Å²) in [6, 6.07) is 10.3. The van der Waals surface area contributed by atoms with Crippen molar-refractivity contribution < 1.29 is 0 Å². The number of benzene rings is 1. The van der Waals surface area contributed by atoms with Crippen LogP contribution in [0.4, 0.5) is 0 Å². The van der Waals surface area contributed by atoms with Crippen LogP contribution in [0.2, 0.25) is 0 Å². The van der Waals surface area contributed by atoms with Gasteiger partial charge in [0, 0.05) is 43.6 Å². The van der Waals surface area contributed by atoms with Crippen LogP contribution in [0.1, 0.15) is 5.56 Å². The van der Waals surface area contributed by atoms with Gasteiger partial charge in [0.25, 0.3) is 0 Å². The first-order chi connectivity index (χ1) is 9.43. The first-order valence-corrected chi connectivity index (χ1v) is 6.42. The van der Waals surface area contributed by atoms with Crippen molar-refractivity contribution >= 4 is 10.9 Å². The van der Waals surface area contributed by atoms with Crippen molar-refractivity contribution in [1.82, 2.24) is 19.9 Å². The van der Waals surface area contributed by atoms with Crippen molar-refractivity contribution in [3.63, 3.8) is 0 Å². The number of rotatable bonds is 5. The molecule has 1 N–H and O–H groups in total. The minimum absolute atomic E-state index is 0.859. The summed E-state index contributed by atoms with van der Waals surface area (Å²) in [6.45, 7) is 2.72. The van der Waals surface area contributed by atoms with Gasteiger partial charge in [0.2, 0.25) is 0 Å². The van der Waals surface area contributed by atoms with E-state index in [1.165, 1.54) is 10.9 Å². The van der Waals surface area contributed by atoms with Gasteiger partial charge in [-0.2, -0.15) is 0 Å². The van der Waals surface area contributed by atoms with Crippen molar-refractivity contribution in [2.45, 2.75) is 13.1 Å². The number of para-hydroxylation sites is 1. The number of hydrogen-bond donors (Lipinski definition) is 1. The molecule has 3 rings (SSSR count). The molecule has 0 amide bonds. The third-order valence-electron chi connectivity index (χ3n) is 3.16. The van der Waals surface area contributed by atoms with E-state index in [0.29, 0.717) is 0 Å². The summed E-state index contributed by atoms with van der Waals surface area (Å²) in [4.78, 5) is 8.40. The molecular weight excluding hydrogens is 236 g/mol. The zero-order valence-electron chi connectivity index (χ0n) is 10.7. The molecule has 4 nitrogen and oxygen atoms in total. The second-order valence-electron chi connectivity index (χ2n) is 4.46. The Labute approximate surface area is 112 Å². The molecule has 2 aromatic heterocycles. The van der Waals surface area contributed by atoms with Gasteiger partial charge < -0.3 is 9.88 Å². The Balaban J connectivity index is 1.62. The molecule has 1 aromatic carbocycles. The smallest absolute Gasteiger partial charge is 0.0946 e. The lowest BCUT2D eigenvalue weighted by Gasteiger charge is -2.08. The number of fused-ring (bicyclic) bond motifs is 1. The normalized spacial score (nSPS) is 10.9. The van der Waals surface area contributed by atoms with E-state index >= 15 is 0 Å². The first-order valence-electron chi connectivity index (χ1n) is 6.42. The third kappa shape index (κ3) is 2.80. The first kappa shape index (κ1) is 11.9. The van der Waals surface area contributed by atoms with Gasteiger partial charge in [-0.3, -0.25) is 4.98 Å². The third-order valence-corrected chi connectivity index (χ3v) is 3.16. The van der Waals surface area contributed by atoms with Crippen molar-refractivity contribution in [2.75, 3.05) is 6.54 Å². The lowest BCUT2D eigenvalue weighted by Crippen LogP contribution is -2.19. The Morgan fingerprint density at radius 3 is 2.95 bits per heavy atom. The Morgan fingerprint density at radius 2 is 2.05 bits per heavy atom. The maximum atomic E-state index is 4.37. The summed E-state index contributed by atoms with van der Waals surface area (Å²) in [7, 11) is 0. The zero-order valence-corrected chi connectivity index (χ0v) is 10.7. The Morgan fingerprint density at radius 1 is 1.11 bits per heavy atom. The molecule has 3 aromatic rings. The Hall–Kier alpha value is -2.20. The van der Waals surface area contributed by atoms with Crippen LogP contribution in [0.3, 0.4) is 0 Å². The number of imidazole rings is 1. The fraction of sp³-hybridized carbons (Fsp3) is 0.200. The number of nitrogens with zero attached hydrogens (tertiary/aromatic N) is 3. The van der Waals surface area contributed by atoms with Crippen molar-refractivity contribution in [3.8, 4) is 0 Å². The molecule has 96 valence electrons. The monoisotopic (exact) mass is 252 g/mol. The largest absolute Gasteiger partial charge is 0.336 e. The lowest BCUT2D eigenvalue weighted by atomic mass is 10.1. The van der Waals surface area contributed by atoms with E-state index in [1.54, 1.807) is 6.20 Å². The summed E-state index contributed by atoms with van der Waals surface area (Å²) in [5.74, 6) is 0. The molecule has 0 fully saturated rings. The molecular formula is C15H16N4. The standard InChI is InChI=1S/C15H16N4/c1-2-4-15-14(3-1)13(5-6-18-15)11-16-7-9-19-10-8-17-12-19/h1-6,8,10,12,16H,7,9,11H2. The van der Waals surface area contributed by atoms with Gasteiger partial charge in [0.15, 0.2) is 0 Å². The van der Waals surface area contributed by atoms with Crippen LogP contribution in [0.25, 0.3) is 10.9 Å². The molecule has 4 heteroatoms. The van der Waals surface area contributed by atoms with Crippen LogP contribution in [0.15, 0.2) is 55.2 Å². The minimum Gasteiger partial charge on any atom is -0.336 e. The highest BCUT2D eigenvalue weighted by molar-refractivity contribution is 5.81. The molecule has 0 aliphatic carbocycles. The molecule has 0 unspecified atom stereocenters. The number of aromatic nitrogens is 3. The quantitative estimate of drug-likeness (QED) is 0.708. The van der Waals surface area contributed by atoms with E-state index in [9.17, 15) is 0 Å². The molecule has 0 radical (unpaired) electrons. The molecule has 0 saturated heterocycles. The highest BCUT2D eigenvalue weighted by Crippen LogP contribution is 2.15. The van der Waals surface area contributed by atoms with Crippen LogP contribution in [-0.2, 0) is 13.1 Å². The van der Waals surface area contributed by atoms with Crippen LogP contribution in [-0.4, -0.2) is 21.1 Å². The van der Waals surface area contributed by atoms with Gasteiger partial charge in [-0.15, -0.1) is 0 Å². The molecule has 0 atom stereocenters. The maximum absolute atomic E-state index is 4.37. The summed E-state index contributed by atoms with van der Waals surface area (Å²) < 4.78 is 2.07. The van der Waals surface area contributed by atoms with Crippen LogP contribution in [0.5, 0.6) is 0 Å². The molecule has 0 aliphatic heterocycles. The van der Waals surface area contributed by atoms with Crippen LogP contribution >= 0.6 is 0 Å². The topological polar surface area (TPSA) is 42.7 Å². The SMILES string of the molecule is c1ccc2c(CNCCn3ccnc3)ccnc2c1. The van der Waals surface area contributed by atoms with Gasteiger partial charge in [-0.25, -0.2) is 4.98 Å². The molecule has 0 aliphatic rings. The Kier molecular flexibility index (Phi) is 3.51. The van der Waals surface area contributed by atoms with Gasteiger partial charge in [0.1, 0.15) is 0 Å². The summed E-state index contributed by atoms with van der Waals surface area (Å²) in [5.41, 5.74) is 2.34. The van der Waals surface area contributed by atoms with E-state index in [4.69, 9.17) is 0 Å². The van der Waals surface area contributed by atoms with Gasteiger partial charge in [0.05, 0.1) is 11.8 Å². The average molecular weight is 252 g/mol. The van der Waals surface area contributed by atoms with Crippen molar-refractivity contribution in [1.29, 1.82) is 0 Å². The van der Waals surface area contributed by atoms with Gasteiger partial charge in [-0.1, -0.05) is 18.2 Å². The van der Waals surface area contributed by atoms with Crippen molar-refractivity contribution in [3.05, 3.63) is 60.8 Å². The maximum Gasteiger partial charge on any atom is 0.0946 e. The number of hydrogen-bond acceptors (Lipinski definition) is 3. The lowest BCUT2D eigenvalue weighted by molar-refractivity contribution is 0.598. The predicted molar refractivity (Wildman–Crippen MR) is 75.7 cm³/mol. The average Bonchev–Trinajstić information content (AvgIpc) is 2.97. The van der Waals surface area contributed by atoms with Gasteiger partial charge >= 0.3 is 0 Å².